The Kier molecular flexibility index (Phi) is 3.93. The van der Waals surface area contributed by atoms with Gasteiger partial charge < -0.3 is 14.6 Å². The van der Waals surface area contributed by atoms with Crippen molar-refractivity contribution in [2.24, 2.45) is 7.05 Å². The van der Waals surface area contributed by atoms with Crippen molar-refractivity contribution in [3.8, 4) is 0 Å². The first-order valence-electron chi connectivity index (χ1n) is 8.35. The van der Waals surface area contributed by atoms with Crippen molar-refractivity contribution >= 4 is 11.8 Å². The number of hydrogen-bond donors (Lipinski definition) is 2. The summed E-state index contributed by atoms with van der Waals surface area (Å²) in [5.74, 6) is 1.43. The van der Waals surface area contributed by atoms with E-state index in [1.807, 2.05) is 30.1 Å². The van der Waals surface area contributed by atoms with E-state index in [9.17, 15) is 4.79 Å². The first-order chi connectivity index (χ1) is 11.7. The number of carbonyl (C=O) groups excluding carboxylic acids is 1. The second kappa shape index (κ2) is 6.24. The van der Waals surface area contributed by atoms with Gasteiger partial charge in [-0.2, -0.15) is 0 Å². The Bertz CT molecular complexity index is 757. The van der Waals surface area contributed by atoms with Crippen molar-refractivity contribution in [1.29, 1.82) is 0 Å². The molecule has 0 saturated carbocycles. The van der Waals surface area contributed by atoms with Gasteiger partial charge in [-0.3, -0.25) is 5.32 Å². The quantitative estimate of drug-likeness (QED) is 0.903. The number of amides is 2. The maximum absolute atomic E-state index is 12.3. The van der Waals surface area contributed by atoms with E-state index < -0.39 is 0 Å². The van der Waals surface area contributed by atoms with Crippen LogP contribution < -0.4 is 10.6 Å². The van der Waals surface area contributed by atoms with Crippen LogP contribution in [0.1, 0.15) is 35.9 Å². The minimum Gasteiger partial charge on any atom is -0.368 e. The van der Waals surface area contributed by atoms with Gasteiger partial charge in [0.05, 0.1) is 6.04 Å². The van der Waals surface area contributed by atoms with Crippen molar-refractivity contribution < 1.29 is 9.53 Å². The lowest BCUT2D eigenvalue weighted by molar-refractivity contribution is 0.0913. The van der Waals surface area contributed by atoms with Crippen molar-refractivity contribution in [3.63, 3.8) is 0 Å². The van der Waals surface area contributed by atoms with Crippen LogP contribution in [0.4, 0.5) is 10.6 Å². The topological polar surface area (TPSA) is 81.1 Å². The molecule has 2 amide bonds. The molecule has 2 atom stereocenters. The molecule has 1 aliphatic heterocycles. The summed E-state index contributed by atoms with van der Waals surface area (Å²) in [6.45, 7) is 0.611. The predicted molar refractivity (Wildman–Crippen MR) is 88.7 cm³/mol. The number of nitrogens with zero attached hydrogens (tertiary/aromatic N) is 3. The Hall–Kier alpha value is -2.41. The molecule has 0 spiro atoms. The SMILES string of the molecule is Cn1ccnc1[C@@H]1OCC[C@H]1NC(=O)Nc1cc2c(cn1)CCC2. The fourth-order valence-electron chi connectivity index (χ4n) is 3.48. The molecule has 0 aromatic carbocycles. The molecule has 7 nitrogen and oxygen atoms in total. The largest absolute Gasteiger partial charge is 0.368 e. The summed E-state index contributed by atoms with van der Waals surface area (Å²) in [5.41, 5.74) is 2.58. The minimum atomic E-state index is -0.254. The van der Waals surface area contributed by atoms with Gasteiger partial charge >= 0.3 is 6.03 Å². The fraction of sp³-hybridized carbons (Fsp3) is 0.471. The normalized spacial score (nSPS) is 22.4. The van der Waals surface area contributed by atoms with Gasteiger partial charge in [0.15, 0.2) is 0 Å². The summed E-state index contributed by atoms with van der Waals surface area (Å²) >= 11 is 0. The summed E-state index contributed by atoms with van der Waals surface area (Å²) in [6.07, 6.45) is 9.34. The number of rotatable bonds is 3. The number of anilines is 1. The lowest BCUT2D eigenvalue weighted by atomic mass is 10.1. The Morgan fingerprint density at radius 3 is 3.04 bits per heavy atom. The number of aromatic nitrogens is 3. The molecule has 24 heavy (non-hydrogen) atoms. The molecule has 0 radical (unpaired) electrons. The number of aryl methyl sites for hydroxylation is 3. The number of carbonyl (C=O) groups is 1. The molecule has 7 heteroatoms. The van der Waals surface area contributed by atoms with Crippen molar-refractivity contribution in [2.45, 2.75) is 37.8 Å². The molecule has 126 valence electrons. The third-order valence-electron chi connectivity index (χ3n) is 4.74. The van der Waals surface area contributed by atoms with Crippen LogP contribution >= 0.6 is 0 Å². The number of nitrogens with one attached hydrogen (secondary N) is 2. The zero-order valence-electron chi connectivity index (χ0n) is 13.7. The summed E-state index contributed by atoms with van der Waals surface area (Å²) in [6, 6.07) is 1.62. The van der Waals surface area contributed by atoms with Gasteiger partial charge in [0, 0.05) is 32.2 Å². The highest BCUT2D eigenvalue weighted by molar-refractivity contribution is 5.88. The lowest BCUT2D eigenvalue weighted by Gasteiger charge is -2.19. The molecule has 1 aliphatic carbocycles. The van der Waals surface area contributed by atoms with Crippen LogP contribution in [0.5, 0.6) is 0 Å². The van der Waals surface area contributed by atoms with Crippen LogP contribution in [-0.4, -0.2) is 33.2 Å². The summed E-state index contributed by atoms with van der Waals surface area (Å²) in [5, 5.41) is 5.83. The monoisotopic (exact) mass is 327 g/mol. The van der Waals surface area contributed by atoms with Crippen LogP contribution in [0.15, 0.2) is 24.7 Å². The number of imidazole rings is 1. The van der Waals surface area contributed by atoms with Crippen LogP contribution in [-0.2, 0) is 24.6 Å². The molecule has 3 heterocycles. The maximum Gasteiger partial charge on any atom is 0.320 e. The smallest absolute Gasteiger partial charge is 0.320 e. The average molecular weight is 327 g/mol. The Morgan fingerprint density at radius 1 is 1.33 bits per heavy atom. The van der Waals surface area contributed by atoms with Crippen molar-refractivity contribution in [1.82, 2.24) is 19.9 Å². The van der Waals surface area contributed by atoms with Gasteiger partial charge in [-0.1, -0.05) is 0 Å². The van der Waals surface area contributed by atoms with Gasteiger partial charge in [-0.05, 0) is 42.9 Å². The van der Waals surface area contributed by atoms with E-state index in [1.165, 1.54) is 11.1 Å². The lowest BCUT2D eigenvalue weighted by Crippen LogP contribution is -2.40. The van der Waals surface area contributed by atoms with E-state index in [1.54, 1.807) is 6.20 Å². The highest BCUT2D eigenvalue weighted by Gasteiger charge is 2.33. The Labute approximate surface area is 140 Å². The number of urea groups is 1. The van der Waals surface area contributed by atoms with Gasteiger partial charge in [-0.15, -0.1) is 0 Å². The van der Waals surface area contributed by atoms with Crippen LogP contribution in [0.2, 0.25) is 0 Å². The highest BCUT2D eigenvalue weighted by atomic mass is 16.5. The zero-order chi connectivity index (χ0) is 16.5. The molecule has 2 aliphatic rings. The number of fused-ring (bicyclic) bond motifs is 1. The van der Waals surface area contributed by atoms with E-state index in [4.69, 9.17) is 4.74 Å². The van der Waals surface area contributed by atoms with E-state index >= 15 is 0 Å². The average Bonchev–Trinajstić information content (AvgIpc) is 3.27. The Balaban J connectivity index is 1.41. The first kappa shape index (κ1) is 15.1. The second-order valence-electron chi connectivity index (χ2n) is 6.37. The second-order valence-corrected chi connectivity index (χ2v) is 6.37. The van der Waals surface area contributed by atoms with E-state index in [0.717, 1.165) is 31.5 Å². The molecule has 2 N–H and O–H groups in total. The third-order valence-corrected chi connectivity index (χ3v) is 4.74. The Morgan fingerprint density at radius 2 is 2.21 bits per heavy atom. The van der Waals surface area contributed by atoms with E-state index in [2.05, 4.69) is 20.6 Å². The summed E-state index contributed by atoms with van der Waals surface area (Å²) in [7, 11) is 1.93. The predicted octanol–water partition coefficient (Wildman–Crippen LogP) is 1.96. The number of ether oxygens (including phenoxy) is 1. The van der Waals surface area contributed by atoms with Crippen LogP contribution in [0.25, 0.3) is 0 Å². The molecule has 1 fully saturated rings. The molecule has 0 unspecified atom stereocenters. The van der Waals surface area contributed by atoms with Gasteiger partial charge in [0.2, 0.25) is 0 Å². The van der Waals surface area contributed by atoms with Crippen molar-refractivity contribution in [2.75, 3.05) is 11.9 Å². The molecule has 4 rings (SSSR count). The van der Waals surface area contributed by atoms with Gasteiger partial charge in [-0.25, -0.2) is 14.8 Å². The van der Waals surface area contributed by atoms with Crippen LogP contribution in [0, 0.1) is 0 Å². The molecular weight excluding hydrogens is 306 g/mol. The maximum atomic E-state index is 12.3. The summed E-state index contributed by atoms with van der Waals surface area (Å²) < 4.78 is 7.68. The molecule has 2 aromatic rings. The van der Waals surface area contributed by atoms with E-state index in [-0.39, 0.29) is 18.2 Å². The third kappa shape index (κ3) is 2.87. The molecular formula is C17H21N5O2. The van der Waals surface area contributed by atoms with Crippen LogP contribution in [0.3, 0.4) is 0 Å². The highest BCUT2D eigenvalue weighted by Crippen LogP contribution is 2.28. The molecule has 1 saturated heterocycles. The minimum absolute atomic E-state index is 0.0967. The zero-order valence-corrected chi connectivity index (χ0v) is 13.7. The number of pyridine rings is 1. The molecule has 0 bridgehead atoms. The fourth-order valence-corrected chi connectivity index (χ4v) is 3.48. The van der Waals surface area contributed by atoms with Gasteiger partial charge in [0.1, 0.15) is 17.7 Å². The summed E-state index contributed by atoms with van der Waals surface area (Å²) in [4.78, 5) is 21.0. The first-order valence-corrected chi connectivity index (χ1v) is 8.35. The van der Waals surface area contributed by atoms with Crippen molar-refractivity contribution in [3.05, 3.63) is 41.6 Å². The molecule has 2 aromatic heterocycles. The van der Waals surface area contributed by atoms with Gasteiger partial charge in [0.25, 0.3) is 0 Å². The van der Waals surface area contributed by atoms with E-state index in [0.29, 0.717) is 12.4 Å². The standard InChI is InChI=1S/C17H21N5O2/c1-22-7-6-18-16(22)15-13(5-8-24-15)20-17(23)21-14-9-11-3-2-4-12(11)10-19-14/h6-7,9-10,13,15H,2-5,8H2,1H3,(H2,19,20,21,23)/t13-,15-/m1/s1. The number of hydrogen-bond acceptors (Lipinski definition) is 4.